The molecular formula is C13H12Cl2NO2P. The van der Waals surface area contributed by atoms with E-state index in [2.05, 4.69) is 5.09 Å². The topological polar surface area (TPSA) is 38.3 Å². The summed E-state index contributed by atoms with van der Waals surface area (Å²) in [6.07, 6.45) is 0. The van der Waals surface area contributed by atoms with E-state index >= 15 is 0 Å². The lowest BCUT2D eigenvalue weighted by Crippen LogP contribution is -2.02. The number of hydrogen-bond donors (Lipinski definition) is 1. The van der Waals surface area contributed by atoms with Crippen LogP contribution in [0.3, 0.4) is 0 Å². The fourth-order valence-electron chi connectivity index (χ4n) is 1.50. The molecular weight excluding hydrogens is 304 g/mol. The molecule has 19 heavy (non-hydrogen) atoms. The van der Waals surface area contributed by atoms with E-state index in [0.717, 1.165) is 0 Å². The van der Waals surface area contributed by atoms with Crippen LogP contribution < -0.4 is 9.61 Å². The van der Waals surface area contributed by atoms with Gasteiger partial charge >= 0.3 is 7.52 Å². The van der Waals surface area contributed by atoms with E-state index in [1.165, 1.54) is 6.66 Å². The van der Waals surface area contributed by atoms with Gasteiger partial charge in [-0.15, -0.1) is 0 Å². The Kier molecular flexibility index (Phi) is 4.41. The molecule has 0 aliphatic rings. The summed E-state index contributed by atoms with van der Waals surface area (Å²) in [5.74, 6) is 0.533. The summed E-state index contributed by atoms with van der Waals surface area (Å²) in [6.45, 7) is 1.49. The molecule has 2 rings (SSSR count). The predicted molar refractivity (Wildman–Crippen MR) is 80.7 cm³/mol. The van der Waals surface area contributed by atoms with Crippen molar-refractivity contribution < 1.29 is 9.09 Å². The Hall–Kier alpha value is -1.15. The molecule has 100 valence electrons. The molecule has 0 radical (unpaired) electrons. The van der Waals surface area contributed by atoms with Gasteiger partial charge in [0.2, 0.25) is 0 Å². The number of rotatable bonds is 4. The molecule has 0 amide bonds. The Bertz CT molecular complexity index is 619. The van der Waals surface area contributed by atoms with Crippen molar-refractivity contribution in [1.29, 1.82) is 0 Å². The number of benzene rings is 2. The second-order valence-electron chi connectivity index (χ2n) is 3.99. The zero-order valence-corrected chi connectivity index (χ0v) is 12.5. The van der Waals surface area contributed by atoms with Crippen LogP contribution in [0, 0.1) is 0 Å². The number of halogens is 2. The Labute approximate surface area is 122 Å². The van der Waals surface area contributed by atoms with Gasteiger partial charge in [-0.2, -0.15) is 0 Å². The first-order valence-electron chi connectivity index (χ1n) is 5.52. The van der Waals surface area contributed by atoms with Crippen LogP contribution in [0.5, 0.6) is 5.75 Å². The Morgan fingerprint density at radius 1 is 1.11 bits per heavy atom. The summed E-state index contributed by atoms with van der Waals surface area (Å²) >= 11 is 11.8. The monoisotopic (exact) mass is 315 g/mol. The van der Waals surface area contributed by atoms with E-state index < -0.39 is 7.52 Å². The molecule has 2 aromatic carbocycles. The fourth-order valence-corrected chi connectivity index (χ4v) is 3.23. The maximum atomic E-state index is 12.4. The third-order valence-corrected chi connectivity index (χ3v) is 4.03. The summed E-state index contributed by atoms with van der Waals surface area (Å²) in [7, 11) is -3.06. The van der Waals surface area contributed by atoms with Gasteiger partial charge in [-0.25, -0.2) is 0 Å². The molecule has 2 aromatic rings. The molecule has 0 aliphatic carbocycles. The highest BCUT2D eigenvalue weighted by atomic mass is 35.5. The first-order valence-corrected chi connectivity index (χ1v) is 8.34. The summed E-state index contributed by atoms with van der Waals surface area (Å²) in [5.41, 5.74) is 0.521. The van der Waals surface area contributed by atoms with Crippen LogP contribution in [-0.2, 0) is 4.57 Å². The second kappa shape index (κ2) is 5.87. The summed E-state index contributed by atoms with van der Waals surface area (Å²) < 4.78 is 17.8. The number of anilines is 1. The maximum Gasteiger partial charge on any atom is 0.338 e. The number of para-hydroxylation sites is 1. The van der Waals surface area contributed by atoms with Gasteiger partial charge in [-0.05, 0) is 30.3 Å². The van der Waals surface area contributed by atoms with E-state index in [0.29, 0.717) is 21.5 Å². The molecule has 0 aromatic heterocycles. The molecule has 0 heterocycles. The molecule has 0 bridgehead atoms. The van der Waals surface area contributed by atoms with Crippen molar-refractivity contribution >= 4 is 36.4 Å². The lowest BCUT2D eigenvalue weighted by Gasteiger charge is -2.18. The average molecular weight is 316 g/mol. The van der Waals surface area contributed by atoms with E-state index in [4.69, 9.17) is 27.7 Å². The number of nitrogens with one attached hydrogen (secondary N) is 1. The van der Waals surface area contributed by atoms with Crippen molar-refractivity contribution in [2.75, 3.05) is 11.8 Å². The van der Waals surface area contributed by atoms with E-state index in [9.17, 15) is 4.57 Å². The van der Waals surface area contributed by atoms with Gasteiger partial charge in [0.25, 0.3) is 0 Å². The van der Waals surface area contributed by atoms with Gasteiger partial charge in [-0.1, -0.05) is 41.4 Å². The second-order valence-corrected chi connectivity index (χ2v) is 6.93. The summed E-state index contributed by atoms with van der Waals surface area (Å²) in [5, 5.41) is 3.72. The van der Waals surface area contributed by atoms with Gasteiger partial charge in [-0.3, -0.25) is 4.57 Å². The Balaban J connectivity index is 2.15. The van der Waals surface area contributed by atoms with Gasteiger partial charge < -0.3 is 9.61 Å². The van der Waals surface area contributed by atoms with Crippen molar-refractivity contribution in [3.8, 4) is 5.75 Å². The smallest absolute Gasteiger partial charge is 0.338 e. The van der Waals surface area contributed by atoms with Crippen molar-refractivity contribution in [1.82, 2.24) is 0 Å². The van der Waals surface area contributed by atoms with Crippen LogP contribution >= 0.6 is 30.7 Å². The zero-order valence-electron chi connectivity index (χ0n) is 10.1. The van der Waals surface area contributed by atoms with Crippen LogP contribution in [0.4, 0.5) is 5.69 Å². The fraction of sp³-hybridized carbons (Fsp3) is 0.0769. The van der Waals surface area contributed by atoms with E-state index in [1.54, 1.807) is 30.3 Å². The third kappa shape index (κ3) is 4.17. The zero-order chi connectivity index (χ0) is 13.9. The normalized spacial score (nSPS) is 13.6. The lowest BCUT2D eigenvalue weighted by molar-refractivity contribution is 0.493. The average Bonchev–Trinajstić information content (AvgIpc) is 2.33. The van der Waals surface area contributed by atoms with Crippen LogP contribution in [0.1, 0.15) is 0 Å². The van der Waals surface area contributed by atoms with Crippen LogP contribution in [-0.4, -0.2) is 6.66 Å². The first kappa shape index (κ1) is 14.3. The minimum atomic E-state index is -3.06. The van der Waals surface area contributed by atoms with Crippen LogP contribution in [0.2, 0.25) is 10.0 Å². The molecule has 1 N–H and O–H groups in total. The molecule has 6 heteroatoms. The van der Waals surface area contributed by atoms with Gasteiger partial charge in [0, 0.05) is 11.7 Å². The van der Waals surface area contributed by atoms with Crippen molar-refractivity contribution in [2.24, 2.45) is 0 Å². The Morgan fingerprint density at radius 3 is 2.42 bits per heavy atom. The highest BCUT2D eigenvalue weighted by molar-refractivity contribution is 7.60. The third-order valence-electron chi connectivity index (χ3n) is 2.28. The van der Waals surface area contributed by atoms with Crippen molar-refractivity contribution in [3.05, 3.63) is 58.6 Å². The summed E-state index contributed by atoms with van der Waals surface area (Å²) in [4.78, 5) is 0. The van der Waals surface area contributed by atoms with E-state index in [1.807, 2.05) is 18.2 Å². The van der Waals surface area contributed by atoms with E-state index in [-0.39, 0.29) is 0 Å². The van der Waals surface area contributed by atoms with Gasteiger partial charge in [0.05, 0.1) is 10.7 Å². The highest BCUT2D eigenvalue weighted by Gasteiger charge is 2.18. The van der Waals surface area contributed by atoms with Crippen molar-refractivity contribution in [2.45, 2.75) is 0 Å². The minimum Gasteiger partial charge on any atom is -0.429 e. The largest absolute Gasteiger partial charge is 0.429 e. The van der Waals surface area contributed by atoms with Gasteiger partial charge in [0.15, 0.2) is 0 Å². The minimum absolute atomic E-state index is 0.395. The van der Waals surface area contributed by atoms with Crippen molar-refractivity contribution in [3.63, 3.8) is 0 Å². The molecule has 0 saturated carbocycles. The molecule has 3 nitrogen and oxygen atoms in total. The predicted octanol–water partition coefficient (Wildman–Crippen LogP) is 5.31. The quantitative estimate of drug-likeness (QED) is 0.777. The van der Waals surface area contributed by atoms with Crippen LogP contribution in [0.15, 0.2) is 48.5 Å². The SMILES string of the molecule is C[P@](=O)(Nc1ccc(Cl)cc1Cl)Oc1ccccc1. The standard InChI is InChI=1S/C13H12Cl2NO2P/c1-19(17,18-11-5-3-2-4-6-11)16-13-8-7-10(14)9-12(13)15/h2-9H,1H3,(H,16,17)/t19-/m1/s1. The first-order chi connectivity index (χ1) is 8.96. The molecule has 1 atom stereocenters. The lowest BCUT2D eigenvalue weighted by atomic mass is 10.3. The number of hydrogen-bond acceptors (Lipinski definition) is 2. The van der Waals surface area contributed by atoms with Gasteiger partial charge in [0.1, 0.15) is 5.75 Å². The summed E-state index contributed by atoms with van der Waals surface area (Å²) in [6, 6.07) is 13.9. The maximum absolute atomic E-state index is 12.4. The molecule has 0 aliphatic heterocycles. The molecule has 0 unspecified atom stereocenters. The molecule has 0 spiro atoms. The molecule has 0 fully saturated rings. The highest BCUT2D eigenvalue weighted by Crippen LogP contribution is 2.44. The Morgan fingerprint density at radius 2 is 1.79 bits per heavy atom. The van der Waals surface area contributed by atoms with Crippen LogP contribution in [0.25, 0.3) is 0 Å². The molecule has 0 saturated heterocycles.